The first-order valence-corrected chi connectivity index (χ1v) is 7.15. The molecule has 1 aromatic heterocycles. The Morgan fingerprint density at radius 3 is 2.83 bits per heavy atom. The molecule has 3 unspecified atom stereocenters. The molecule has 102 valence electrons. The quantitative estimate of drug-likeness (QED) is 0.928. The summed E-state index contributed by atoms with van der Waals surface area (Å²) in [7, 11) is 3.62. The number of nitrogens with two attached hydrogens (primary N) is 1. The van der Waals surface area contributed by atoms with Crippen LogP contribution in [0.5, 0.6) is 0 Å². The van der Waals surface area contributed by atoms with Crippen molar-refractivity contribution in [2.75, 3.05) is 7.11 Å². The van der Waals surface area contributed by atoms with Gasteiger partial charge in [0.05, 0.1) is 17.3 Å². The van der Waals surface area contributed by atoms with Crippen LogP contribution in [0.2, 0.25) is 0 Å². The normalized spacial score (nSPS) is 30.4. The topological polar surface area (TPSA) is 66.0 Å². The summed E-state index contributed by atoms with van der Waals surface area (Å²) < 4.78 is 8.28. The standard InChI is InChI=1S/C12H21BrN4O/c1-8-5-4-6-12(7-8,18-3)10(14)9-11(13)15-16-17(9)2/h8,10H,4-7,14H2,1-3H3. The molecule has 0 amide bonds. The third-order valence-electron chi connectivity index (χ3n) is 4.09. The van der Waals surface area contributed by atoms with Crippen molar-refractivity contribution in [1.82, 2.24) is 15.0 Å². The number of aromatic nitrogens is 3. The highest BCUT2D eigenvalue weighted by atomic mass is 79.9. The molecule has 1 aliphatic carbocycles. The summed E-state index contributed by atoms with van der Waals surface area (Å²) in [6.07, 6.45) is 4.39. The summed E-state index contributed by atoms with van der Waals surface area (Å²) in [5.41, 5.74) is 7.08. The number of nitrogens with zero attached hydrogens (tertiary/aromatic N) is 3. The predicted molar refractivity (Wildman–Crippen MR) is 73.0 cm³/mol. The van der Waals surface area contributed by atoms with Gasteiger partial charge in [0.15, 0.2) is 4.60 Å². The van der Waals surface area contributed by atoms with Gasteiger partial charge in [-0.15, -0.1) is 5.10 Å². The van der Waals surface area contributed by atoms with Crippen molar-refractivity contribution < 1.29 is 4.74 Å². The summed E-state index contributed by atoms with van der Waals surface area (Å²) in [5.74, 6) is 0.643. The summed E-state index contributed by atoms with van der Waals surface area (Å²) in [5, 5.41) is 8.01. The number of rotatable bonds is 3. The number of hydrogen-bond acceptors (Lipinski definition) is 4. The molecule has 18 heavy (non-hydrogen) atoms. The first kappa shape index (κ1) is 14.0. The van der Waals surface area contributed by atoms with Gasteiger partial charge in [-0.05, 0) is 34.7 Å². The van der Waals surface area contributed by atoms with Crippen LogP contribution in [0, 0.1) is 5.92 Å². The van der Waals surface area contributed by atoms with E-state index in [0.717, 1.165) is 25.0 Å². The van der Waals surface area contributed by atoms with Gasteiger partial charge >= 0.3 is 0 Å². The first-order chi connectivity index (χ1) is 8.50. The average Bonchev–Trinajstić information content (AvgIpc) is 2.68. The number of ether oxygens (including phenoxy) is 1. The van der Waals surface area contributed by atoms with E-state index >= 15 is 0 Å². The molecule has 1 aliphatic rings. The fourth-order valence-corrected chi connectivity index (χ4v) is 3.63. The largest absolute Gasteiger partial charge is 0.376 e. The Morgan fingerprint density at radius 1 is 1.61 bits per heavy atom. The molecular formula is C12H21BrN4O. The third kappa shape index (κ3) is 2.33. The molecule has 0 aromatic carbocycles. The van der Waals surface area contributed by atoms with Crippen molar-refractivity contribution in [1.29, 1.82) is 0 Å². The SMILES string of the molecule is COC1(C(N)c2c(Br)nnn2C)CCCC(C)C1. The molecule has 0 saturated heterocycles. The lowest BCUT2D eigenvalue weighted by atomic mass is 9.74. The van der Waals surface area contributed by atoms with Crippen LogP contribution >= 0.6 is 15.9 Å². The van der Waals surface area contributed by atoms with Crippen molar-refractivity contribution in [3.8, 4) is 0 Å². The van der Waals surface area contributed by atoms with E-state index in [0.29, 0.717) is 10.5 Å². The predicted octanol–water partition coefficient (Wildman–Crippen LogP) is 2.17. The van der Waals surface area contributed by atoms with Crippen LogP contribution in [0.4, 0.5) is 0 Å². The minimum absolute atomic E-state index is 0.209. The maximum atomic E-state index is 6.47. The third-order valence-corrected chi connectivity index (χ3v) is 4.65. The molecule has 1 saturated carbocycles. The van der Waals surface area contributed by atoms with Crippen LogP contribution in [-0.2, 0) is 11.8 Å². The van der Waals surface area contributed by atoms with Crippen LogP contribution in [-0.4, -0.2) is 27.7 Å². The summed E-state index contributed by atoms with van der Waals surface area (Å²) in [6, 6.07) is -0.209. The smallest absolute Gasteiger partial charge is 0.153 e. The molecule has 2 rings (SSSR count). The van der Waals surface area contributed by atoms with E-state index in [1.54, 1.807) is 11.8 Å². The Kier molecular flexibility index (Phi) is 4.08. The highest BCUT2D eigenvalue weighted by Crippen LogP contribution is 2.42. The summed E-state index contributed by atoms with van der Waals surface area (Å²) >= 11 is 3.42. The molecule has 2 N–H and O–H groups in total. The van der Waals surface area contributed by atoms with E-state index in [2.05, 4.69) is 33.2 Å². The molecule has 1 heterocycles. The zero-order valence-corrected chi connectivity index (χ0v) is 12.8. The average molecular weight is 317 g/mol. The molecule has 0 radical (unpaired) electrons. The number of aryl methyl sites for hydroxylation is 1. The van der Waals surface area contributed by atoms with Crippen molar-refractivity contribution >= 4 is 15.9 Å². The first-order valence-electron chi connectivity index (χ1n) is 6.36. The molecule has 5 nitrogen and oxygen atoms in total. The highest BCUT2D eigenvalue weighted by molar-refractivity contribution is 9.10. The zero-order chi connectivity index (χ0) is 13.3. The molecule has 0 spiro atoms. The number of methoxy groups -OCH3 is 1. The fourth-order valence-electron chi connectivity index (χ4n) is 3.06. The van der Waals surface area contributed by atoms with Crippen molar-refractivity contribution in [3.05, 3.63) is 10.3 Å². The molecular weight excluding hydrogens is 296 g/mol. The van der Waals surface area contributed by atoms with E-state index in [1.807, 2.05) is 7.05 Å². The molecule has 0 bridgehead atoms. The Hall–Kier alpha value is -0.460. The molecule has 1 fully saturated rings. The zero-order valence-electron chi connectivity index (χ0n) is 11.2. The second-order valence-electron chi connectivity index (χ2n) is 5.34. The Bertz CT molecular complexity index is 403. The van der Waals surface area contributed by atoms with E-state index in [9.17, 15) is 0 Å². The molecule has 6 heteroatoms. The van der Waals surface area contributed by atoms with Crippen LogP contribution < -0.4 is 5.73 Å². The van der Waals surface area contributed by atoms with Gasteiger partial charge in [0, 0.05) is 14.2 Å². The van der Waals surface area contributed by atoms with Gasteiger partial charge < -0.3 is 10.5 Å². The molecule has 3 atom stereocenters. The van der Waals surface area contributed by atoms with Gasteiger partial charge in [-0.2, -0.15) is 0 Å². The lowest BCUT2D eigenvalue weighted by Gasteiger charge is -2.42. The Labute approximate surface area is 116 Å². The van der Waals surface area contributed by atoms with Gasteiger partial charge in [-0.1, -0.05) is 25.0 Å². The van der Waals surface area contributed by atoms with Crippen molar-refractivity contribution in [3.63, 3.8) is 0 Å². The maximum Gasteiger partial charge on any atom is 0.153 e. The second kappa shape index (κ2) is 5.27. The monoisotopic (exact) mass is 316 g/mol. The Balaban J connectivity index is 2.32. The summed E-state index contributed by atoms with van der Waals surface area (Å²) in [4.78, 5) is 0. The fraction of sp³-hybridized carbons (Fsp3) is 0.833. The molecule has 1 aromatic rings. The number of hydrogen-bond donors (Lipinski definition) is 1. The van der Waals surface area contributed by atoms with Gasteiger partial charge in [0.2, 0.25) is 0 Å². The van der Waals surface area contributed by atoms with Gasteiger partial charge in [-0.3, -0.25) is 0 Å². The van der Waals surface area contributed by atoms with E-state index in [1.165, 1.54) is 6.42 Å². The highest BCUT2D eigenvalue weighted by Gasteiger charge is 2.43. The lowest BCUT2D eigenvalue weighted by Crippen LogP contribution is -2.47. The van der Waals surface area contributed by atoms with E-state index < -0.39 is 0 Å². The van der Waals surface area contributed by atoms with E-state index in [-0.39, 0.29) is 11.6 Å². The minimum atomic E-state index is -0.296. The Morgan fingerprint density at radius 2 is 2.33 bits per heavy atom. The van der Waals surface area contributed by atoms with Gasteiger partial charge in [0.25, 0.3) is 0 Å². The van der Waals surface area contributed by atoms with Crippen LogP contribution in [0.15, 0.2) is 4.60 Å². The second-order valence-corrected chi connectivity index (χ2v) is 6.09. The van der Waals surface area contributed by atoms with Gasteiger partial charge in [0.1, 0.15) is 0 Å². The molecule has 0 aliphatic heterocycles. The van der Waals surface area contributed by atoms with Crippen LogP contribution in [0.25, 0.3) is 0 Å². The minimum Gasteiger partial charge on any atom is -0.376 e. The number of halogens is 1. The van der Waals surface area contributed by atoms with Crippen molar-refractivity contribution in [2.24, 2.45) is 18.7 Å². The van der Waals surface area contributed by atoms with Crippen molar-refractivity contribution in [2.45, 2.75) is 44.2 Å². The van der Waals surface area contributed by atoms with E-state index in [4.69, 9.17) is 10.5 Å². The van der Waals surface area contributed by atoms with Crippen LogP contribution in [0.3, 0.4) is 0 Å². The maximum absolute atomic E-state index is 6.47. The van der Waals surface area contributed by atoms with Crippen LogP contribution in [0.1, 0.15) is 44.3 Å². The lowest BCUT2D eigenvalue weighted by molar-refractivity contribution is -0.0734. The summed E-state index contributed by atoms with van der Waals surface area (Å²) in [6.45, 7) is 2.26. The van der Waals surface area contributed by atoms with Gasteiger partial charge in [-0.25, -0.2) is 4.68 Å².